The van der Waals surface area contributed by atoms with Gasteiger partial charge in [0.05, 0.1) is 6.42 Å². The Labute approximate surface area is 104 Å². The van der Waals surface area contributed by atoms with Crippen molar-refractivity contribution in [3.05, 3.63) is 29.8 Å². The number of hydrogen-bond acceptors (Lipinski definition) is 2. The first-order valence-electron chi connectivity index (χ1n) is 5.26. The Bertz CT molecular complexity index is 353. The summed E-state index contributed by atoms with van der Waals surface area (Å²) in [5, 5.41) is 12.1. The lowest BCUT2D eigenvalue weighted by molar-refractivity contribution is -0.120. The molecule has 1 amide bonds. The molecule has 0 radical (unpaired) electrons. The zero-order chi connectivity index (χ0) is 12.0. The minimum atomic E-state index is -0.0150. The standard InChI is InChI=1S/C12H16BrNO2/c1-9(13)5-6-14-12(16)8-10-3-2-4-11(15)7-10/h2-4,7,9,15H,5-6,8H2,1H3,(H,14,16). The molecule has 1 rings (SSSR count). The van der Waals surface area contributed by atoms with E-state index in [1.54, 1.807) is 18.2 Å². The molecule has 0 saturated carbocycles. The highest BCUT2D eigenvalue weighted by atomic mass is 79.9. The van der Waals surface area contributed by atoms with Crippen LogP contribution in [0.2, 0.25) is 0 Å². The van der Waals surface area contributed by atoms with Crippen molar-refractivity contribution in [1.82, 2.24) is 5.32 Å². The molecule has 0 heterocycles. The van der Waals surface area contributed by atoms with Gasteiger partial charge in [-0.05, 0) is 24.1 Å². The number of nitrogens with one attached hydrogen (secondary N) is 1. The van der Waals surface area contributed by atoms with Gasteiger partial charge in [0.25, 0.3) is 0 Å². The number of benzene rings is 1. The molecule has 0 aliphatic carbocycles. The van der Waals surface area contributed by atoms with Gasteiger partial charge < -0.3 is 10.4 Å². The zero-order valence-electron chi connectivity index (χ0n) is 9.24. The quantitative estimate of drug-likeness (QED) is 0.815. The molecule has 1 aromatic rings. The maximum Gasteiger partial charge on any atom is 0.224 e. The van der Waals surface area contributed by atoms with Gasteiger partial charge in [-0.15, -0.1) is 0 Å². The summed E-state index contributed by atoms with van der Waals surface area (Å²) >= 11 is 3.42. The molecule has 4 heteroatoms. The number of carbonyl (C=O) groups excluding carboxylic acids is 1. The van der Waals surface area contributed by atoms with Gasteiger partial charge in [0, 0.05) is 11.4 Å². The number of aromatic hydroxyl groups is 1. The van der Waals surface area contributed by atoms with Crippen LogP contribution in [0.1, 0.15) is 18.9 Å². The van der Waals surface area contributed by atoms with Crippen molar-refractivity contribution in [1.29, 1.82) is 0 Å². The zero-order valence-corrected chi connectivity index (χ0v) is 10.8. The molecule has 0 aromatic heterocycles. The Hall–Kier alpha value is -1.03. The van der Waals surface area contributed by atoms with Crippen molar-refractivity contribution in [3.63, 3.8) is 0 Å². The van der Waals surface area contributed by atoms with Crippen LogP contribution in [0, 0.1) is 0 Å². The smallest absolute Gasteiger partial charge is 0.224 e. The molecular weight excluding hydrogens is 270 g/mol. The van der Waals surface area contributed by atoms with Crippen molar-refractivity contribution < 1.29 is 9.90 Å². The van der Waals surface area contributed by atoms with E-state index in [4.69, 9.17) is 0 Å². The van der Waals surface area contributed by atoms with E-state index in [1.807, 2.05) is 13.0 Å². The SMILES string of the molecule is CC(Br)CCNC(=O)Cc1cccc(O)c1. The van der Waals surface area contributed by atoms with Crippen LogP contribution in [0.15, 0.2) is 24.3 Å². The molecule has 1 aromatic carbocycles. The first kappa shape index (κ1) is 13.0. The highest BCUT2D eigenvalue weighted by Gasteiger charge is 2.04. The van der Waals surface area contributed by atoms with E-state index < -0.39 is 0 Å². The van der Waals surface area contributed by atoms with Crippen molar-refractivity contribution in [2.45, 2.75) is 24.6 Å². The first-order chi connectivity index (χ1) is 7.58. The minimum Gasteiger partial charge on any atom is -0.508 e. The van der Waals surface area contributed by atoms with Gasteiger partial charge in [-0.1, -0.05) is 35.0 Å². The maximum absolute atomic E-state index is 11.5. The number of alkyl halides is 1. The summed E-state index contributed by atoms with van der Waals surface area (Å²) in [5.74, 6) is 0.179. The molecule has 16 heavy (non-hydrogen) atoms. The fourth-order valence-electron chi connectivity index (χ4n) is 1.32. The number of rotatable bonds is 5. The molecule has 88 valence electrons. The number of halogens is 1. The third kappa shape index (κ3) is 5.16. The second kappa shape index (κ2) is 6.53. The van der Waals surface area contributed by atoms with Gasteiger partial charge in [0.2, 0.25) is 5.91 Å². The average molecular weight is 286 g/mol. The van der Waals surface area contributed by atoms with Crippen LogP contribution in [0.5, 0.6) is 5.75 Å². The molecule has 2 N–H and O–H groups in total. The Balaban J connectivity index is 2.34. The van der Waals surface area contributed by atoms with E-state index in [1.165, 1.54) is 0 Å². The fraction of sp³-hybridized carbons (Fsp3) is 0.417. The summed E-state index contributed by atoms with van der Waals surface area (Å²) < 4.78 is 0. The number of phenols is 1. The molecule has 1 unspecified atom stereocenters. The summed E-state index contributed by atoms with van der Waals surface area (Å²) in [4.78, 5) is 11.9. The van der Waals surface area contributed by atoms with Gasteiger partial charge >= 0.3 is 0 Å². The van der Waals surface area contributed by atoms with E-state index >= 15 is 0 Å². The molecule has 0 aliphatic rings. The topological polar surface area (TPSA) is 49.3 Å². The van der Waals surface area contributed by atoms with Crippen molar-refractivity contribution in [2.75, 3.05) is 6.54 Å². The van der Waals surface area contributed by atoms with E-state index in [2.05, 4.69) is 21.2 Å². The van der Waals surface area contributed by atoms with E-state index in [0.29, 0.717) is 17.8 Å². The summed E-state index contributed by atoms with van der Waals surface area (Å²) in [7, 11) is 0. The van der Waals surface area contributed by atoms with Crippen molar-refractivity contribution in [2.24, 2.45) is 0 Å². The van der Waals surface area contributed by atoms with Crippen LogP contribution in [-0.2, 0) is 11.2 Å². The van der Waals surface area contributed by atoms with Gasteiger partial charge in [0.1, 0.15) is 5.75 Å². The lowest BCUT2D eigenvalue weighted by atomic mass is 10.1. The molecule has 3 nitrogen and oxygen atoms in total. The van der Waals surface area contributed by atoms with E-state index in [0.717, 1.165) is 12.0 Å². The monoisotopic (exact) mass is 285 g/mol. The summed E-state index contributed by atoms with van der Waals surface area (Å²) in [5.41, 5.74) is 0.824. The molecule has 0 spiro atoms. The lowest BCUT2D eigenvalue weighted by Crippen LogP contribution is -2.27. The first-order valence-corrected chi connectivity index (χ1v) is 6.18. The van der Waals surface area contributed by atoms with Crippen LogP contribution in [-0.4, -0.2) is 22.4 Å². The van der Waals surface area contributed by atoms with Gasteiger partial charge in [0.15, 0.2) is 0 Å². The largest absolute Gasteiger partial charge is 0.508 e. The normalized spacial score (nSPS) is 12.1. The molecule has 1 atom stereocenters. The van der Waals surface area contributed by atoms with E-state index in [-0.39, 0.29) is 11.7 Å². The minimum absolute atomic E-state index is 0.0150. The Morgan fingerprint density at radius 3 is 2.94 bits per heavy atom. The summed E-state index contributed by atoms with van der Waals surface area (Å²) in [6, 6.07) is 6.76. The number of carbonyl (C=O) groups is 1. The summed E-state index contributed by atoms with van der Waals surface area (Å²) in [6.07, 6.45) is 1.22. The van der Waals surface area contributed by atoms with Crippen molar-refractivity contribution in [3.8, 4) is 5.75 Å². The Morgan fingerprint density at radius 2 is 2.31 bits per heavy atom. The van der Waals surface area contributed by atoms with Crippen molar-refractivity contribution >= 4 is 21.8 Å². The van der Waals surface area contributed by atoms with Crippen LogP contribution in [0.3, 0.4) is 0 Å². The number of amides is 1. The molecule has 0 fully saturated rings. The molecule has 0 bridgehead atoms. The molecular formula is C12H16BrNO2. The van der Waals surface area contributed by atoms with Gasteiger partial charge in [-0.2, -0.15) is 0 Å². The van der Waals surface area contributed by atoms with Gasteiger partial charge in [-0.3, -0.25) is 4.79 Å². The molecule has 0 saturated heterocycles. The maximum atomic E-state index is 11.5. The summed E-state index contributed by atoms with van der Waals surface area (Å²) in [6.45, 7) is 2.71. The van der Waals surface area contributed by atoms with E-state index in [9.17, 15) is 9.90 Å². The number of hydrogen-bond donors (Lipinski definition) is 2. The second-order valence-corrected chi connectivity index (χ2v) is 5.33. The van der Waals surface area contributed by atoms with Crippen LogP contribution < -0.4 is 5.32 Å². The third-order valence-corrected chi connectivity index (χ3v) is 2.60. The number of phenolic OH excluding ortho intramolecular Hbond substituents is 1. The Morgan fingerprint density at radius 1 is 1.56 bits per heavy atom. The highest BCUT2D eigenvalue weighted by Crippen LogP contribution is 2.11. The predicted octanol–water partition coefficient (Wildman–Crippen LogP) is 2.22. The predicted molar refractivity (Wildman–Crippen MR) is 67.8 cm³/mol. The molecule has 0 aliphatic heterocycles. The lowest BCUT2D eigenvalue weighted by Gasteiger charge is -2.06. The van der Waals surface area contributed by atoms with Crippen LogP contribution in [0.4, 0.5) is 0 Å². The Kier molecular flexibility index (Phi) is 5.32. The van der Waals surface area contributed by atoms with Crippen LogP contribution in [0.25, 0.3) is 0 Å². The van der Waals surface area contributed by atoms with Crippen LogP contribution >= 0.6 is 15.9 Å². The average Bonchev–Trinajstić information content (AvgIpc) is 2.16. The highest BCUT2D eigenvalue weighted by molar-refractivity contribution is 9.09. The second-order valence-electron chi connectivity index (χ2n) is 3.77. The third-order valence-electron chi connectivity index (χ3n) is 2.14. The van der Waals surface area contributed by atoms with Gasteiger partial charge in [-0.25, -0.2) is 0 Å². The fourth-order valence-corrected chi connectivity index (χ4v) is 1.55.